The maximum atomic E-state index is 12.6. The van der Waals surface area contributed by atoms with Crippen molar-refractivity contribution in [3.63, 3.8) is 0 Å². The molecule has 33 heavy (non-hydrogen) atoms. The van der Waals surface area contributed by atoms with Crippen LogP contribution in [0.3, 0.4) is 0 Å². The fourth-order valence-electron chi connectivity index (χ4n) is 3.62. The second-order valence-corrected chi connectivity index (χ2v) is 8.39. The number of aromatic nitrogens is 2. The Morgan fingerprint density at radius 2 is 1.85 bits per heavy atom. The molecular formula is C25H21N5O2S. The van der Waals surface area contributed by atoms with Crippen molar-refractivity contribution in [1.82, 2.24) is 15.1 Å². The summed E-state index contributed by atoms with van der Waals surface area (Å²) in [5.41, 5.74) is 4.09. The molecule has 2 N–H and O–H groups in total. The van der Waals surface area contributed by atoms with Gasteiger partial charge in [0.15, 0.2) is 0 Å². The molecule has 8 heteroatoms. The van der Waals surface area contributed by atoms with E-state index in [0.29, 0.717) is 18.8 Å². The number of hydrogen-bond donors (Lipinski definition) is 2. The molecule has 0 radical (unpaired) electrons. The van der Waals surface area contributed by atoms with E-state index < -0.39 is 0 Å². The highest BCUT2D eigenvalue weighted by Gasteiger charge is 2.20. The number of nitrogens with zero attached hydrogens (tertiary/aromatic N) is 3. The van der Waals surface area contributed by atoms with Gasteiger partial charge in [-0.3, -0.25) is 9.69 Å². The first-order valence-corrected chi connectivity index (χ1v) is 11.4. The molecule has 4 aromatic rings. The summed E-state index contributed by atoms with van der Waals surface area (Å²) in [6, 6.07) is 21.0. The average Bonchev–Trinajstić information content (AvgIpc) is 3.60. The first-order valence-electron chi connectivity index (χ1n) is 10.5. The second kappa shape index (κ2) is 9.13. The van der Waals surface area contributed by atoms with Crippen LogP contribution in [0.15, 0.2) is 84.4 Å². The predicted molar refractivity (Wildman–Crippen MR) is 132 cm³/mol. The Morgan fingerprint density at radius 1 is 1.03 bits per heavy atom. The topological polar surface area (TPSA) is 79.3 Å². The molecule has 2 aromatic carbocycles. The minimum atomic E-state index is -0.244. The van der Waals surface area contributed by atoms with Crippen LogP contribution in [-0.4, -0.2) is 34.8 Å². The molecule has 7 nitrogen and oxygen atoms in total. The monoisotopic (exact) mass is 455 g/mol. The lowest BCUT2D eigenvalue weighted by Crippen LogP contribution is -2.27. The minimum absolute atomic E-state index is 0.104. The molecule has 164 valence electrons. The van der Waals surface area contributed by atoms with Crippen LogP contribution in [0.5, 0.6) is 0 Å². The van der Waals surface area contributed by atoms with Gasteiger partial charge < -0.3 is 10.6 Å². The van der Waals surface area contributed by atoms with Crippen molar-refractivity contribution >= 4 is 40.7 Å². The van der Waals surface area contributed by atoms with E-state index in [0.717, 1.165) is 27.5 Å². The fourth-order valence-corrected chi connectivity index (χ4v) is 4.35. The molecule has 1 saturated heterocycles. The highest BCUT2D eigenvalue weighted by molar-refractivity contribution is 7.13. The Morgan fingerprint density at radius 3 is 2.55 bits per heavy atom. The molecule has 0 spiro atoms. The molecule has 3 heterocycles. The number of amides is 3. The third kappa shape index (κ3) is 4.56. The van der Waals surface area contributed by atoms with Crippen molar-refractivity contribution in [2.45, 2.75) is 0 Å². The molecule has 2 aromatic heterocycles. The summed E-state index contributed by atoms with van der Waals surface area (Å²) in [6.45, 7) is 1.27. The Balaban J connectivity index is 1.33. The molecule has 1 aliphatic rings. The first kappa shape index (κ1) is 20.7. The van der Waals surface area contributed by atoms with Crippen molar-refractivity contribution in [2.24, 2.45) is 0 Å². The van der Waals surface area contributed by atoms with E-state index in [4.69, 9.17) is 5.10 Å². The summed E-state index contributed by atoms with van der Waals surface area (Å²) in [5.74, 6) is -0.244. The number of thiophene rings is 1. The lowest BCUT2D eigenvalue weighted by Gasteiger charge is -2.14. The van der Waals surface area contributed by atoms with E-state index in [9.17, 15) is 9.59 Å². The molecule has 3 amide bonds. The van der Waals surface area contributed by atoms with Gasteiger partial charge in [-0.25, -0.2) is 9.48 Å². The second-order valence-electron chi connectivity index (χ2n) is 7.44. The van der Waals surface area contributed by atoms with E-state index in [1.807, 2.05) is 70.9 Å². The summed E-state index contributed by atoms with van der Waals surface area (Å²) >= 11 is 1.60. The molecule has 5 rings (SSSR count). The first-order chi connectivity index (χ1) is 16.2. The Kier molecular flexibility index (Phi) is 5.73. The average molecular weight is 456 g/mol. The molecular weight excluding hydrogens is 434 g/mol. The fraction of sp³-hybridized carbons (Fsp3) is 0.0800. The number of anilines is 2. The van der Waals surface area contributed by atoms with Crippen molar-refractivity contribution < 1.29 is 9.59 Å². The van der Waals surface area contributed by atoms with E-state index >= 15 is 0 Å². The van der Waals surface area contributed by atoms with Crippen LogP contribution in [0.1, 0.15) is 5.56 Å². The normalized spacial score (nSPS) is 13.5. The lowest BCUT2D eigenvalue weighted by atomic mass is 10.2. The standard InChI is InChI=1S/C25H21N5O2S/c31-23(27-19-9-11-20(12-10-19)29-15-14-26-25(29)32)13-8-18-17-30(21-5-2-1-3-6-21)28-24(18)22-7-4-16-33-22/h1-13,16-17H,14-15H2,(H,26,32)(H,27,31)/b13-8+. The van der Waals surface area contributed by atoms with Gasteiger partial charge in [0, 0.05) is 42.3 Å². The molecule has 1 fully saturated rings. The summed E-state index contributed by atoms with van der Waals surface area (Å²) in [6.07, 6.45) is 5.20. The smallest absolute Gasteiger partial charge is 0.321 e. The van der Waals surface area contributed by atoms with Gasteiger partial charge in [-0.1, -0.05) is 24.3 Å². The van der Waals surface area contributed by atoms with Crippen LogP contribution in [0, 0.1) is 0 Å². The van der Waals surface area contributed by atoms with Crippen LogP contribution in [0.2, 0.25) is 0 Å². The van der Waals surface area contributed by atoms with Crippen LogP contribution in [0.4, 0.5) is 16.2 Å². The number of hydrogen-bond acceptors (Lipinski definition) is 4. The number of urea groups is 1. The number of carbonyl (C=O) groups is 2. The van der Waals surface area contributed by atoms with Crippen LogP contribution >= 0.6 is 11.3 Å². The molecule has 0 unspecified atom stereocenters. The highest BCUT2D eigenvalue weighted by atomic mass is 32.1. The van der Waals surface area contributed by atoms with Crippen molar-refractivity contribution in [1.29, 1.82) is 0 Å². The number of carbonyl (C=O) groups excluding carboxylic acids is 2. The van der Waals surface area contributed by atoms with Gasteiger partial charge in [-0.2, -0.15) is 5.10 Å². The number of benzene rings is 2. The van der Waals surface area contributed by atoms with Crippen LogP contribution < -0.4 is 15.5 Å². The Hall–Kier alpha value is -4.17. The van der Waals surface area contributed by atoms with Gasteiger partial charge >= 0.3 is 6.03 Å². The third-order valence-corrected chi connectivity index (χ3v) is 6.11. The number of nitrogens with one attached hydrogen (secondary N) is 2. The summed E-state index contributed by atoms with van der Waals surface area (Å²) in [4.78, 5) is 27.1. The van der Waals surface area contributed by atoms with E-state index in [2.05, 4.69) is 10.6 Å². The van der Waals surface area contributed by atoms with E-state index in [1.54, 1.807) is 34.4 Å². The molecule has 0 bridgehead atoms. The zero-order valence-electron chi connectivity index (χ0n) is 17.6. The lowest BCUT2D eigenvalue weighted by molar-refractivity contribution is -0.111. The van der Waals surface area contributed by atoms with E-state index in [1.165, 1.54) is 6.08 Å². The van der Waals surface area contributed by atoms with Gasteiger partial charge in [0.05, 0.1) is 10.6 Å². The zero-order chi connectivity index (χ0) is 22.6. The van der Waals surface area contributed by atoms with Crippen LogP contribution in [0.25, 0.3) is 22.3 Å². The zero-order valence-corrected chi connectivity index (χ0v) is 18.5. The van der Waals surface area contributed by atoms with Crippen molar-refractivity contribution in [3.05, 3.63) is 89.9 Å². The molecule has 1 aliphatic heterocycles. The summed E-state index contributed by atoms with van der Waals surface area (Å²) in [7, 11) is 0. The number of para-hydroxylation sites is 1. The van der Waals surface area contributed by atoms with Crippen LogP contribution in [-0.2, 0) is 4.79 Å². The maximum absolute atomic E-state index is 12.6. The van der Waals surface area contributed by atoms with Gasteiger partial charge in [-0.15, -0.1) is 11.3 Å². The van der Waals surface area contributed by atoms with Gasteiger partial charge in [0.25, 0.3) is 0 Å². The third-order valence-electron chi connectivity index (χ3n) is 5.24. The molecule has 0 atom stereocenters. The Bertz CT molecular complexity index is 1290. The SMILES string of the molecule is O=C(/C=C/c1cn(-c2ccccc2)nc1-c1cccs1)Nc1ccc(N2CCNC2=O)cc1. The Labute approximate surface area is 195 Å². The quantitative estimate of drug-likeness (QED) is 0.411. The minimum Gasteiger partial charge on any atom is -0.336 e. The maximum Gasteiger partial charge on any atom is 0.321 e. The predicted octanol–water partition coefficient (Wildman–Crippen LogP) is 4.78. The highest BCUT2D eigenvalue weighted by Crippen LogP contribution is 2.28. The summed E-state index contributed by atoms with van der Waals surface area (Å²) < 4.78 is 1.82. The van der Waals surface area contributed by atoms with Gasteiger partial charge in [-0.05, 0) is 53.9 Å². The van der Waals surface area contributed by atoms with Gasteiger partial charge in [0.2, 0.25) is 5.91 Å². The molecule has 0 saturated carbocycles. The largest absolute Gasteiger partial charge is 0.336 e. The van der Waals surface area contributed by atoms with E-state index in [-0.39, 0.29) is 11.9 Å². The van der Waals surface area contributed by atoms with Crippen molar-refractivity contribution in [3.8, 4) is 16.3 Å². The van der Waals surface area contributed by atoms with Gasteiger partial charge in [0.1, 0.15) is 5.69 Å². The summed E-state index contributed by atoms with van der Waals surface area (Å²) in [5, 5.41) is 12.4. The van der Waals surface area contributed by atoms with Crippen molar-refractivity contribution in [2.75, 3.05) is 23.3 Å². The number of rotatable bonds is 6. The molecule has 0 aliphatic carbocycles.